The Balaban J connectivity index is 2.55. The van der Waals surface area contributed by atoms with E-state index in [1.807, 2.05) is 0 Å². The fourth-order valence-corrected chi connectivity index (χ4v) is 3.44. The summed E-state index contributed by atoms with van der Waals surface area (Å²) in [5.41, 5.74) is 8.87. The molecule has 0 atom stereocenters. The summed E-state index contributed by atoms with van der Waals surface area (Å²) in [4.78, 5) is 0. The predicted molar refractivity (Wildman–Crippen MR) is 79.1 cm³/mol. The second-order valence-corrected chi connectivity index (χ2v) is 6.46. The molecule has 1 aliphatic rings. The molecule has 0 aliphatic heterocycles. The lowest BCUT2D eigenvalue weighted by Gasteiger charge is -2.28. The van der Waals surface area contributed by atoms with Crippen molar-refractivity contribution in [1.82, 2.24) is 0 Å². The molecule has 100 valence electrons. The van der Waals surface area contributed by atoms with Crippen molar-refractivity contribution in [2.45, 2.75) is 51.0 Å². The van der Waals surface area contributed by atoms with Gasteiger partial charge in [0, 0.05) is 11.1 Å². The molecular weight excluding hydrogens is 290 g/mol. The Bertz CT molecular complexity index is 436. The Morgan fingerprint density at radius 3 is 2.39 bits per heavy atom. The SMILES string of the molecule is COc1c(Br)cc(C(C)C)cc1C1(N)CCCC1. The van der Waals surface area contributed by atoms with E-state index < -0.39 is 0 Å². The molecule has 2 rings (SSSR count). The van der Waals surface area contributed by atoms with Crippen molar-refractivity contribution in [3.05, 3.63) is 27.7 Å². The molecule has 2 nitrogen and oxygen atoms in total. The highest BCUT2D eigenvalue weighted by Crippen LogP contribution is 2.44. The topological polar surface area (TPSA) is 35.2 Å². The van der Waals surface area contributed by atoms with Crippen molar-refractivity contribution in [3.63, 3.8) is 0 Å². The van der Waals surface area contributed by atoms with E-state index in [0.29, 0.717) is 5.92 Å². The van der Waals surface area contributed by atoms with Crippen LogP contribution in [0, 0.1) is 0 Å². The van der Waals surface area contributed by atoms with Gasteiger partial charge in [0.2, 0.25) is 0 Å². The second-order valence-electron chi connectivity index (χ2n) is 5.60. The molecule has 0 unspecified atom stereocenters. The number of nitrogens with two attached hydrogens (primary N) is 1. The number of hydrogen-bond acceptors (Lipinski definition) is 2. The van der Waals surface area contributed by atoms with Crippen LogP contribution in [-0.2, 0) is 5.54 Å². The molecule has 2 N–H and O–H groups in total. The first-order valence-electron chi connectivity index (χ1n) is 6.65. The largest absolute Gasteiger partial charge is 0.495 e. The number of hydrogen-bond donors (Lipinski definition) is 1. The summed E-state index contributed by atoms with van der Waals surface area (Å²) in [6.07, 6.45) is 4.53. The molecule has 0 spiro atoms. The molecule has 1 saturated carbocycles. The number of rotatable bonds is 3. The third-order valence-corrected chi connectivity index (χ3v) is 4.56. The lowest BCUT2D eigenvalue weighted by molar-refractivity contribution is 0.376. The zero-order valence-electron chi connectivity index (χ0n) is 11.4. The van der Waals surface area contributed by atoms with Gasteiger partial charge in [-0.3, -0.25) is 0 Å². The van der Waals surface area contributed by atoms with Crippen LogP contribution in [-0.4, -0.2) is 7.11 Å². The van der Waals surface area contributed by atoms with Crippen molar-refractivity contribution in [2.75, 3.05) is 7.11 Å². The Hall–Kier alpha value is -0.540. The molecule has 0 radical (unpaired) electrons. The van der Waals surface area contributed by atoms with Gasteiger partial charge in [-0.25, -0.2) is 0 Å². The molecular formula is C15H22BrNO. The third kappa shape index (κ3) is 2.43. The van der Waals surface area contributed by atoms with E-state index in [-0.39, 0.29) is 5.54 Å². The van der Waals surface area contributed by atoms with Crippen molar-refractivity contribution >= 4 is 15.9 Å². The van der Waals surface area contributed by atoms with Crippen molar-refractivity contribution in [2.24, 2.45) is 5.73 Å². The van der Waals surface area contributed by atoms with E-state index in [4.69, 9.17) is 10.5 Å². The lowest BCUT2D eigenvalue weighted by atomic mass is 9.86. The van der Waals surface area contributed by atoms with Gasteiger partial charge in [0.1, 0.15) is 5.75 Å². The van der Waals surface area contributed by atoms with Gasteiger partial charge in [-0.15, -0.1) is 0 Å². The molecule has 1 aliphatic carbocycles. The predicted octanol–water partition coefficient (Wildman–Crippen LogP) is 4.31. The van der Waals surface area contributed by atoms with Gasteiger partial charge in [0.15, 0.2) is 0 Å². The van der Waals surface area contributed by atoms with E-state index >= 15 is 0 Å². The minimum Gasteiger partial charge on any atom is -0.495 e. The number of ether oxygens (including phenoxy) is 1. The van der Waals surface area contributed by atoms with Crippen LogP contribution in [0.4, 0.5) is 0 Å². The van der Waals surface area contributed by atoms with Crippen LogP contribution < -0.4 is 10.5 Å². The maximum atomic E-state index is 6.59. The van der Waals surface area contributed by atoms with Crippen LogP contribution in [0.1, 0.15) is 56.6 Å². The van der Waals surface area contributed by atoms with E-state index in [9.17, 15) is 0 Å². The molecule has 1 aromatic carbocycles. The Kier molecular flexibility index (Phi) is 4.02. The minimum atomic E-state index is -0.210. The lowest BCUT2D eigenvalue weighted by Crippen LogP contribution is -2.33. The first kappa shape index (κ1) is 13.9. The summed E-state index contributed by atoms with van der Waals surface area (Å²) in [7, 11) is 1.72. The molecule has 18 heavy (non-hydrogen) atoms. The average Bonchev–Trinajstić information content (AvgIpc) is 2.76. The Morgan fingerprint density at radius 1 is 1.28 bits per heavy atom. The summed E-state index contributed by atoms with van der Waals surface area (Å²) in [5.74, 6) is 1.40. The van der Waals surface area contributed by atoms with Crippen molar-refractivity contribution < 1.29 is 4.74 Å². The van der Waals surface area contributed by atoms with Gasteiger partial charge in [-0.2, -0.15) is 0 Å². The van der Waals surface area contributed by atoms with Gasteiger partial charge < -0.3 is 10.5 Å². The molecule has 3 heteroatoms. The van der Waals surface area contributed by atoms with Crippen LogP contribution in [0.25, 0.3) is 0 Å². The third-order valence-electron chi connectivity index (χ3n) is 3.97. The van der Waals surface area contributed by atoms with Crippen LogP contribution in [0.15, 0.2) is 16.6 Å². The smallest absolute Gasteiger partial charge is 0.138 e. The zero-order chi connectivity index (χ0) is 13.3. The molecule has 1 aromatic rings. The number of methoxy groups -OCH3 is 1. The van der Waals surface area contributed by atoms with Crippen LogP contribution in [0.5, 0.6) is 5.75 Å². The standard InChI is InChI=1S/C15H22BrNO/c1-10(2)11-8-12(14(18-3)13(16)9-11)15(17)6-4-5-7-15/h8-10H,4-7,17H2,1-3H3. The molecule has 0 bridgehead atoms. The van der Waals surface area contributed by atoms with Gasteiger partial charge >= 0.3 is 0 Å². The van der Waals surface area contributed by atoms with Gasteiger partial charge in [0.25, 0.3) is 0 Å². The maximum absolute atomic E-state index is 6.59. The normalized spacial score (nSPS) is 18.3. The van der Waals surface area contributed by atoms with Gasteiger partial charge in [-0.1, -0.05) is 26.7 Å². The van der Waals surface area contributed by atoms with Crippen molar-refractivity contribution in [3.8, 4) is 5.75 Å². The molecule has 0 saturated heterocycles. The highest BCUT2D eigenvalue weighted by atomic mass is 79.9. The highest BCUT2D eigenvalue weighted by molar-refractivity contribution is 9.10. The average molecular weight is 312 g/mol. The van der Waals surface area contributed by atoms with Crippen molar-refractivity contribution in [1.29, 1.82) is 0 Å². The number of benzene rings is 1. The highest BCUT2D eigenvalue weighted by Gasteiger charge is 2.34. The summed E-state index contributed by atoms with van der Waals surface area (Å²) in [6, 6.07) is 4.38. The van der Waals surface area contributed by atoms with Gasteiger partial charge in [-0.05, 0) is 52.4 Å². The maximum Gasteiger partial charge on any atom is 0.138 e. The van der Waals surface area contributed by atoms with E-state index in [2.05, 4.69) is 41.9 Å². The second kappa shape index (κ2) is 5.22. The van der Waals surface area contributed by atoms with E-state index in [1.165, 1.54) is 24.0 Å². The molecule has 1 fully saturated rings. The van der Waals surface area contributed by atoms with Crippen LogP contribution in [0.2, 0.25) is 0 Å². The Morgan fingerprint density at radius 2 is 1.89 bits per heavy atom. The summed E-state index contributed by atoms with van der Waals surface area (Å²) < 4.78 is 6.58. The Labute approximate surface area is 118 Å². The van der Waals surface area contributed by atoms with E-state index in [1.54, 1.807) is 7.11 Å². The first-order chi connectivity index (χ1) is 8.48. The fraction of sp³-hybridized carbons (Fsp3) is 0.600. The first-order valence-corrected chi connectivity index (χ1v) is 7.44. The zero-order valence-corrected chi connectivity index (χ0v) is 13.0. The minimum absolute atomic E-state index is 0.210. The molecule has 0 heterocycles. The molecule has 0 aromatic heterocycles. The fourth-order valence-electron chi connectivity index (χ4n) is 2.80. The summed E-state index contributed by atoms with van der Waals surface area (Å²) in [6.45, 7) is 4.41. The van der Waals surface area contributed by atoms with Gasteiger partial charge in [0.05, 0.1) is 11.6 Å². The van der Waals surface area contributed by atoms with Crippen LogP contribution in [0.3, 0.4) is 0 Å². The quantitative estimate of drug-likeness (QED) is 0.902. The van der Waals surface area contributed by atoms with E-state index in [0.717, 1.165) is 23.1 Å². The number of halogens is 1. The van der Waals surface area contributed by atoms with Crippen LogP contribution >= 0.6 is 15.9 Å². The summed E-state index contributed by atoms with van der Waals surface area (Å²) in [5, 5.41) is 0. The molecule has 0 amide bonds. The monoisotopic (exact) mass is 311 g/mol. The summed E-state index contributed by atoms with van der Waals surface area (Å²) >= 11 is 3.62.